The lowest BCUT2D eigenvalue weighted by atomic mass is 10.1. The molecule has 1 aromatic heterocycles. The minimum atomic E-state index is -0.827. The number of carbonyl (C=O) groups excluding carboxylic acids is 1. The highest BCUT2D eigenvalue weighted by atomic mass is 16.4. The molecule has 6 heteroatoms. The molecule has 1 amide bonds. The number of amides is 1. The Balaban J connectivity index is 1.77. The van der Waals surface area contributed by atoms with Gasteiger partial charge in [-0.1, -0.05) is 48.5 Å². The number of carboxylic acid groups (broad SMARTS) is 1. The van der Waals surface area contributed by atoms with Gasteiger partial charge in [0.15, 0.2) is 0 Å². The Hall–Kier alpha value is -3.41. The first-order valence-electron chi connectivity index (χ1n) is 9.70. The van der Waals surface area contributed by atoms with Crippen LogP contribution in [0.15, 0.2) is 66.9 Å². The van der Waals surface area contributed by atoms with Gasteiger partial charge in [-0.25, -0.2) is 4.68 Å². The third-order valence-corrected chi connectivity index (χ3v) is 4.72. The van der Waals surface area contributed by atoms with Crippen molar-refractivity contribution >= 4 is 11.9 Å². The van der Waals surface area contributed by atoms with Crippen molar-refractivity contribution < 1.29 is 14.7 Å². The number of benzene rings is 2. The first kappa shape index (κ1) is 20.3. The number of rotatable bonds is 9. The van der Waals surface area contributed by atoms with E-state index in [-0.39, 0.29) is 12.3 Å². The van der Waals surface area contributed by atoms with Gasteiger partial charge < -0.3 is 10.0 Å². The molecule has 0 aliphatic rings. The highest BCUT2D eigenvalue weighted by Crippen LogP contribution is 2.25. The van der Waals surface area contributed by atoms with Gasteiger partial charge in [0.05, 0.1) is 11.4 Å². The van der Waals surface area contributed by atoms with E-state index in [9.17, 15) is 9.59 Å². The fourth-order valence-electron chi connectivity index (χ4n) is 3.16. The number of unbranched alkanes of at least 4 members (excludes halogenated alkanes) is 1. The van der Waals surface area contributed by atoms with E-state index < -0.39 is 5.97 Å². The molecule has 1 heterocycles. The zero-order chi connectivity index (χ0) is 20.6. The summed E-state index contributed by atoms with van der Waals surface area (Å²) >= 11 is 0. The topological polar surface area (TPSA) is 75.4 Å². The summed E-state index contributed by atoms with van der Waals surface area (Å²) in [7, 11) is 1.77. The summed E-state index contributed by atoms with van der Waals surface area (Å²) in [5.74, 6) is -0.825. The predicted molar refractivity (Wildman–Crippen MR) is 112 cm³/mol. The fraction of sp³-hybridized carbons (Fsp3) is 0.261. The Morgan fingerprint density at radius 2 is 1.59 bits per heavy atom. The molecule has 0 saturated heterocycles. The van der Waals surface area contributed by atoms with Gasteiger partial charge in [0.1, 0.15) is 0 Å². The molecule has 0 fully saturated rings. The molecule has 0 aliphatic heterocycles. The van der Waals surface area contributed by atoms with Crippen molar-refractivity contribution in [1.29, 1.82) is 0 Å². The SMILES string of the molecule is CN(Cc1cn(-c2ccccc2)nc1-c1ccccc1)C(=O)CCCCC(=O)O. The maximum Gasteiger partial charge on any atom is 0.303 e. The Labute approximate surface area is 170 Å². The third-order valence-electron chi connectivity index (χ3n) is 4.72. The fourth-order valence-corrected chi connectivity index (χ4v) is 3.16. The van der Waals surface area contributed by atoms with E-state index in [1.807, 2.05) is 71.5 Å². The van der Waals surface area contributed by atoms with Crippen LogP contribution in [0.3, 0.4) is 0 Å². The highest BCUT2D eigenvalue weighted by Gasteiger charge is 2.16. The summed E-state index contributed by atoms with van der Waals surface area (Å²) in [6.45, 7) is 0.439. The normalized spacial score (nSPS) is 10.7. The predicted octanol–water partition coefficient (Wildman–Crippen LogP) is 4.14. The van der Waals surface area contributed by atoms with Gasteiger partial charge in [0.2, 0.25) is 5.91 Å². The van der Waals surface area contributed by atoms with Crippen LogP contribution < -0.4 is 0 Å². The maximum atomic E-state index is 12.5. The van der Waals surface area contributed by atoms with E-state index in [2.05, 4.69) is 0 Å². The van der Waals surface area contributed by atoms with Crippen molar-refractivity contribution in [2.45, 2.75) is 32.2 Å². The molecule has 0 radical (unpaired) electrons. The summed E-state index contributed by atoms with van der Waals surface area (Å²) in [6, 6.07) is 19.8. The molecule has 29 heavy (non-hydrogen) atoms. The van der Waals surface area contributed by atoms with Crippen LogP contribution >= 0.6 is 0 Å². The lowest BCUT2D eigenvalue weighted by molar-refractivity contribution is -0.137. The van der Waals surface area contributed by atoms with Crippen molar-refractivity contribution in [2.75, 3.05) is 7.05 Å². The van der Waals surface area contributed by atoms with Gasteiger partial charge in [-0.2, -0.15) is 5.10 Å². The number of nitrogens with zero attached hydrogens (tertiary/aromatic N) is 3. The molecule has 3 rings (SSSR count). The Morgan fingerprint density at radius 3 is 2.24 bits per heavy atom. The zero-order valence-corrected chi connectivity index (χ0v) is 16.5. The van der Waals surface area contributed by atoms with Crippen LogP contribution in [0.25, 0.3) is 16.9 Å². The molecule has 2 aromatic carbocycles. The number of aliphatic carboxylic acids is 1. The van der Waals surface area contributed by atoms with E-state index >= 15 is 0 Å². The molecule has 0 saturated carbocycles. The Bertz CT molecular complexity index is 952. The van der Waals surface area contributed by atoms with Crippen molar-refractivity contribution in [3.8, 4) is 16.9 Å². The van der Waals surface area contributed by atoms with Gasteiger partial charge >= 0.3 is 5.97 Å². The quantitative estimate of drug-likeness (QED) is 0.556. The van der Waals surface area contributed by atoms with Gasteiger partial charge in [-0.3, -0.25) is 9.59 Å². The minimum absolute atomic E-state index is 0.00172. The molecule has 0 spiro atoms. The third kappa shape index (κ3) is 5.54. The molecule has 0 bridgehead atoms. The van der Waals surface area contributed by atoms with E-state index in [4.69, 9.17) is 10.2 Å². The van der Waals surface area contributed by atoms with Crippen LogP contribution in [-0.2, 0) is 16.1 Å². The summed E-state index contributed by atoms with van der Waals surface area (Å²) in [5.41, 5.74) is 3.76. The zero-order valence-electron chi connectivity index (χ0n) is 16.5. The summed E-state index contributed by atoms with van der Waals surface area (Å²) in [6.07, 6.45) is 3.49. The molecule has 150 valence electrons. The van der Waals surface area contributed by atoms with Crippen molar-refractivity contribution in [3.05, 3.63) is 72.4 Å². The monoisotopic (exact) mass is 391 g/mol. The van der Waals surface area contributed by atoms with Crippen molar-refractivity contribution in [2.24, 2.45) is 0 Å². The molecule has 0 atom stereocenters. The van der Waals surface area contributed by atoms with Crippen molar-refractivity contribution in [3.63, 3.8) is 0 Å². The molecule has 6 nitrogen and oxygen atoms in total. The number of hydrogen-bond donors (Lipinski definition) is 1. The summed E-state index contributed by atoms with van der Waals surface area (Å²) < 4.78 is 1.84. The van der Waals surface area contributed by atoms with Gasteiger partial charge in [-0.15, -0.1) is 0 Å². The number of hydrogen-bond acceptors (Lipinski definition) is 3. The second kappa shape index (κ2) is 9.68. The Morgan fingerprint density at radius 1 is 0.966 bits per heavy atom. The number of carboxylic acids is 1. The van der Waals surface area contributed by atoms with Gasteiger partial charge in [0.25, 0.3) is 0 Å². The number of aromatic nitrogens is 2. The Kier molecular flexibility index (Phi) is 6.79. The average molecular weight is 391 g/mol. The largest absolute Gasteiger partial charge is 0.481 e. The summed E-state index contributed by atoms with van der Waals surface area (Å²) in [5, 5.41) is 13.5. The van der Waals surface area contributed by atoms with Crippen LogP contribution in [0, 0.1) is 0 Å². The number of para-hydroxylation sites is 1. The highest BCUT2D eigenvalue weighted by molar-refractivity contribution is 5.76. The standard InChI is InChI=1S/C23H25N3O3/c1-25(21(27)14-8-9-15-22(28)29)16-19-17-26(20-12-6-3-7-13-20)24-23(19)18-10-4-2-5-11-18/h2-7,10-13,17H,8-9,14-16H2,1H3,(H,28,29). The summed E-state index contributed by atoms with van der Waals surface area (Å²) in [4.78, 5) is 24.8. The molecular weight excluding hydrogens is 366 g/mol. The molecule has 3 aromatic rings. The van der Waals surface area contributed by atoms with Gasteiger partial charge in [-0.05, 0) is 25.0 Å². The van der Waals surface area contributed by atoms with E-state index in [0.29, 0.717) is 25.8 Å². The first-order valence-corrected chi connectivity index (χ1v) is 9.70. The van der Waals surface area contributed by atoms with Crippen LogP contribution in [0.2, 0.25) is 0 Å². The van der Waals surface area contributed by atoms with E-state index in [0.717, 1.165) is 22.5 Å². The van der Waals surface area contributed by atoms with Crippen LogP contribution in [-0.4, -0.2) is 38.7 Å². The second-order valence-corrected chi connectivity index (χ2v) is 7.00. The number of carbonyl (C=O) groups is 2. The maximum absolute atomic E-state index is 12.5. The van der Waals surface area contributed by atoms with E-state index in [1.165, 1.54) is 0 Å². The van der Waals surface area contributed by atoms with Crippen LogP contribution in [0.1, 0.15) is 31.2 Å². The lowest BCUT2D eigenvalue weighted by Gasteiger charge is -2.17. The van der Waals surface area contributed by atoms with Gasteiger partial charge in [0, 0.05) is 43.8 Å². The first-order chi connectivity index (χ1) is 14.0. The average Bonchev–Trinajstić information content (AvgIpc) is 3.16. The second-order valence-electron chi connectivity index (χ2n) is 7.00. The lowest BCUT2D eigenvalue weighted by Crippen LogP contribution is -2.26. The van der Waals surface area contributed by atoms with Crippen molar-refractivity contribution in [1.82, 2.24) is 14.7 Å². The smallest absolute Gasteiger partial charge is 0.303 e. The van der Waals surface area contributed by atoms with Crippen LogP contribution in [0.4, 0.5) is 0 Å². The minimum Gasteiger partial charge on any atom is -0.481 e. The molecular formula is C23H25N3O3. The molecule has 0 unspecified atom stereocenters. The van der Waals surface area contributed by atoms with E-state index in [1.54, 1.807) is 11.9 Å². The molecule has 0 aliphatic carbocycles. The van der Waals surface area contributed by atoms with Crippen LogP contribution in [0.5, 0.6) is 0 Å². The molecule has 1 N–H and O–H groups in total.